The van der Waals surface area contributed by atoms with Crippen LogP contribution in [0.2, 0.25) is 0 Å². The van der Waals surface area contributed by atoms with Crippen molar-refractivity contribution in [3.63, 3.8) is 0 Å². The molecule has 0 bridgehead atoms. The number of nitro groups is 1. The molecule has 192 valence electrons. The molecule has 9 nitrogen and oxygen atoms in total. The minimum absolute atomic E-state index is 0.0994. The maximum absolute atomic E-state index is 13.4. The average molecular weight is 495 g/mol. The molecule has 2 amide bonds. The molecule has 0 radical (unpaired) electrons. The van der Waals surface area contributed by atoms with Gasteiger partial charge in [-0.25, -0.2) is 0 Å². The Morgan fingerprint density at radius 2 is 1.72 bits per heavy atom. The molecule has 0 aliphatic carbocycles. The van der Waals surface area contributed by atoms with Crippen molar-refractivity contribution in [3.8, 4) is 5.75 Å². The lowest BCUT2D eigenvalue weighted by Crippen LogP contribution is -2.53. The van der Waals surface area contributed by atoms with E-state index >= 15 is 0 Å². The number of benzene rings is 2. The molecule has 1 atom stereocenters. The van der Waals surface area contributed by atoms with E-state index < -0.39 is 4.92 Å². The Hall–Kier alpha value is -3.62. The zero-order valence-corrected chi connectivity index (χ0v) is 21.2. The molecule has 0 saturated carbocycles. The van der Waals surface area contributed by atoms with Crippen LogP contribution in [-0.4, -0.2) is 72.4 Å². The number of amides is 2. The van der Waals surface area contributed by atoms with Gasteiger partial charge >= 0.3 is 0 Å². The molecule has 2 aromatic carbocycles. The van der Waals surface area contributed by atoms with Gasteiger partial charge in [0.1, 0.15) is 5.75 Å². The molecule has 2 aliphatic rings. The van der Waals surface area contributed by atoms with Gasteiger partial charge in [0, 0.05) is 51.0 Å². The van der Waals surface area contributed by atoms with Crippen LogP contribution in [0, 0.1) is 29.9 Å². The third-order valence-corrected chi connectivity index (χ3v) is 7.11. The first kappa shape index (κ1) is 25.5. The van der Waals surface area contributed by atoms with Gasteiger partial charge in [0.05, 0.1) is 29.1 Å². The monoisotopic (exact) mass is 494 g/mol. The fourth-order valence-corrected chi connectivity index (χ4v) is 5.32. The lowest BCUT2D eigenvalue weighted by atomic mass is 9.95. The number of aryl methyl sites for hydroxylation is 2. The number of likely N-dealkylation sites (tertiary alicyclic amines) is 1. The Morgan fingerprint density at radius 1 is 1.03 bits per heavy atom. The smallest absolute Gasteiger partial charge is 0.273 e. The van der Waals surface area contributed by atoms with Crippen molar-refractivity contribution in [2.75, 3.05) is 50.8 Å². The van der Waals surface area contributed by atoms with E-state index in [2.05, 4.69) is 36.9 Å². The van der Waals surface area contributed by atoms with Gasteiger partial charge in [-0.05, 0) is 50.8 Å². The van der Waals surface area contributed by atoms with Crippen molar-refractivity contribution in [2.45, 2.75) is 33.6 Å². The first-order valence-corrected chi connectivity index (χ1v) is 12.6. The number of hydrogen-bond acceptors (Lipinski definition) is 6. The molecular weight excluding hydrogens is 460 g/mol. The van der Waals surface area contributed by atoms with Gasteiger partial charge in [-0.1, -0.05) is 18.2 Å². The minimum Gasteiger partial charge on any atom is -0.493 e. The Balaban J connectivity index is 1.41. The summed E-state index contributed by atoms with van der Waals surface area (Å²) in [6, 6.07) is 10.4. The van der Waals surface area contributed by atoms with Crippen LogP contribution in [0.15, 0.2) is 36.4 Å². The highest BCUT2D eigenvalue weighted by Gasteiger charge is 2.34. The van der Waals surface area contributed by atoms with E-state index in [9.17, 15) is 19.7 Å². The quantitative estimate of drug-likeness (QED) is 0.448. The van der Waals surface area contributed by atoms with Crippen LogP contribution in [0.1, 0.15) is 41.3 Å². The number of non-ortho nitro benzene ring substituents is 1. The average Bonchev–Trinajstić information content (AvgIpc) is 2.88. The number of piperazine rings is 1. The number of rotatable bonds is 6. The summed E-state index contributed by atoms with van der Waals surface area (Å²) < 4.78 is 5.54. The number of ether oxygens (including phenoxy) is 1. The van der Waals surface area contributed by atoms with E-state index in [4.69, 9.17) is 4.74 Å². The highest BCUT2D eigenvalue weighted by molar-refractivity contribution is 5.97. The summed E-state index contributed by atoms with van der Waals surface area (Å²) in [5.41, 5.74) is 3.91. The number of nitrogens with zero attached hydrogens (tertiary/aromatic N) is 4. The van der Waals surface area contributed by atoms with Gasteiger partial charge in [0.15, 0.2) is 0 Å². The molecule has 9 heteroatoms. The van der Waals surface area contributed by atoms with Crippen LogP contribution in [0.5, 0.6) is 5.75 Å². The third kappa shape index (κ3) is 5.29. The largest absolute Gasteiger partial charge is 0.493 e. The fourth-order valence-electron chi connectivity index (χ4n) is 5.32. The van der Waals surface area contributed by atoms with Gasteiger partial charge in [0.2, 0.25) is 5.91 Å². The minimum atomic E-state index is -0.507. The number of carbonyl (C=O) groups excluding carboxylic acids is 2. The molecule has 2 heterocycles. The van der Waals surface area contributed by atoms with E-state index in [-0.39, 0.29) is 41.3 Å². The van der Waals surface area contributed by atoms with Crippen LogP contribution < -0.4 is 9.64 Å². The van der Waals surface area contributed by atoms with Crippen LogP contribution in [-0.2, 0) is 4.79 Å². The third-order valence-electron chi connectivity index (χ3n) is 7.11. The molecule has 4 rings (SSSR count). The van der Waals surface area contributed by atoms with Crippen molar-refractivity contribution in [2.24, 2.45) is 5.92 Å². The molecule has 2 saturated heterocycles. The molecular formula is C27H34N4O5. The molecule has 2 fully saturated rings. The molecule has 0 N–H and O–H groups in total. The Bertz CT molecular complexity index is 1120. The predicted octanol–water partition coefficient (Wildman–Crippen LogP) is 3.81. The SMILES string of the molecule is CCOc1cc([N+](=O)[O-])ccc1C(=O)N1CCCC(C(=O)N2CCN(c3c(C)cccc3C)CC2)C1. The lowest BCUT2D eigenvalue weighted by molar-refractivity contribution is -0.384. The Kier molecular flexibility index (Phi) is 7.76. The van der Waals surface area contributed by atoms with E-state index in [0.717, 1.165) is 25.9 Å². The maximum Gasteiger partial charge on any atom is 0.273 e. The Labute approximate surface area is 211 Å². The first-order valence-electron chi connectivity index (χ1n) is 12.6. The standard InChI is InChI=1S/C27H34N4O5/c1-4-36-24-17-22(31(34)35)10-11-23(24)27(33)30-12-6-9-21(18-30)26(32)29-15-13-28(14-16-29)25-19(2)7-5-8-20(25)3/h5,7-8,10-11,17,21H,4,6,9,12-16,18H2,1-3H3. The molecule has 36 heavy (non-hydrogen) atoms. The van der Waals surface area contributed by atoms with Crippen molar-refractivity contribution in [1.29, 1.82) is 0 Å². The van der Waals surface area contributed by atoms with Crippen molar-refractivity contribution in [3.05, 3.63) is 63.2 Å². The number of anilines is 1. The van der Waals surface area contributed by atoms with E-state index in [1.54, 1.807) is 11.8 Å². The summed E-state index contributed by atoms with van der Waals surface area (Å²) in [5.74, 6) is -0.205. The van der Waals surface area contributed by atoms with Gasteiger partial charge in [-0.2, -0.15) is 0 Å². The van der Waals surface area contributed by atoms with Gasteiger partial charge in [-0.15, -0.1) is 0 Å². The molecule has 1 unspecified atom stereocenters. The lowest BCUT2D eigenvalue weighted by Gasteiger charge is -2.40. The summed E-state index contributed by atoms with van der Waals surface area (Å²) in [6.45, 7) is 10.1. The summed E-state index contributed by atoms with van der Waals surface area (Å²) in [4.78, 5) is 43.3. The fraction of sp³-hybridized carbons (Fsp3) is 0.481. The normalized spacial score (nSPS) is 18.2. The van der Waals surface area contributed by atoms with E-state index in [1.165, 1.54) is 35.0 Å². The molecule has 0 aromatic heterocycles. The van der Waals surface area contributed by atoms with Crippen LogP contribution in [0.3, 0.4) is 0 Å². The zero-order valence-electron chi connectivity index (χ0n) is 21.2. The van der Waals surface area contributed by atoms with Gasteiger partial charge in [-0.3, -0.25) is 19.7 Å². The summed E-state index contributed by atoms with van der Waals surface area (Å²) in [7, 11) is 0. The predicted molar refractivity (Wildman–Crippen MR) is 138 cm³/mol. The van der Waals surface area contributed by atoms with E-state index in [1.807, 2.05) is 4.90 Å². The van der Waals surface area contributed by atoms with E-state index in [0.29, 0.717) is 26.2 Å². The summed E-state index contributed by atoms with van der Waals surface area (Å²) in [6.07, 6.45) is 1.49. The highest BCUT2D eigenvalue weighted by atomic mass is 16.6. The summed E-state index contributed by atoms with van der Waals surface area (Å²) in [5, 5.41) is 11.2. The maximum atomic E-state index is 13.4. The Morgan fingerprint density at radius 3 is 2.36 bits per heavy atom. The van der Waals surface area contributed by atoms with Crippen molar-refractivity contribution < 1.29 is 19.2 Å². The molecule has 0 spiro atoms. The zero-order chi connectivity index (χ0) is 25.8. The van der Waals surface area contributed by atoms with Crippen LogP contribution in [0.25, 0.3) is 0 Å². The highest BCUT2D eigenvalue weighted by Crippen LogP contribution is 2.29. The van der Waals surface area contributed by atoms with Crippen LogP contribution >= 0.6 is 0 Å². The molecule has 2 aliphatic heterocycles. The van der Waals surface area contributed by atoms with Crippen molar-refractivity contribution in [1.82, 2.24) is 9.80 Å². The van der Waals surface area contributed by atoms with Crippen molar-refractivity contribution >= 4 is 23.2 Å². The topological polar surface area (TPSA) is 96.2 Å². The first-order chi connectivity index (χ1) is 17.3. The van der Waals surface area contributed by atoms with Crippen LogP contribution in [0.4, 0.5) is 11.4 Å². The number of piperidine rings is 1. The van der Waals surface area contributed by atoms with Gasteiger partial charge in [0.25, 0.3) is 11.6 Å². The molecule has 2 aromatic rings. The van der Waals surface area contributed by atoms with Gasteiger partial charge < -0.3 is 19.4 Å². The summed E-state index contributed by atoms with van der Waals surface area (Å²) >= 11 is 0. The number of para-hydroxylation sites is 1. The number of hydrogen-bond donors (Lipinski definition) is 0. The second-order valence-electron chi connectivity index (χ2n) is 9.51. The second kappa shape index (κ2) is 11.0. The number of carbonyl (C=O) groups is 2. The second-order valence-corrected chi connectivity index (χ2v) is 9.51. The number of nitro benzene ring substituents is 1.